The molecule has 0 bridgehead atoms. The van der Waals surface area contributed by atoms with Crippen LogP contribution in [-0.4, -0.2) is 15.5 Å². The molecule has 6 nitrogen and oxygen atoms in total. The van der Waals surface area contributed by atoms with Gasteiger partial charge in [-0.2, -0.15) is 4.39 Å². The van der Waals surface area contributed by atoms with Crippen molar-refractivity contribution in [2.45, 2.75) is 6.54 Å². The summed E-state index contributed by atoms with van der Waals surface area (Å²) in [5, 5.41) is 0. The highest BCUT2D eigenvalue weighted by Gasteiger charge is 2.07. The number of carbonyl (C=O) groups is 1. The third-order valence-corrected chi connectivity index (χ3v) is 1.48. The number of aromatic nitrogens is 2. The van der Waals surface area contributed by atoms with Crippen LogP contribution >= 0.6 is 0 Å². The second kappa shape index (κ2) is 4.36. The van der Waals surface area contributed by atoms with E-state index in [9.17, 15) is 18.8 Å². The van der Waals surface area contributed by atoms with Crippen molar-refractivity contribution in [2.24, 2.45) is 0 Å². The normalized spacial score (nSPS) is 9.67. The van der Waals surface area contributed by atoms with Crippen molar-refractivity contribution in [1.82, 2.24) is 9.55 Å². The first-order valence-corrected chi connectivity index (χ1v) is 3.84. The van der Waals surface area contributed by atoms with E-state index in [0.29, 0.717) is 10.8 Å². The summed E-state index contributed by atoms with van der Waals surface area (Å²) in [5.74, 6) is -1.94. The molecule has 0 spiro atoms. The first-order chi connectivity index (χ1) is 7.04. The van der Waals surface area contributed by atoms with E-state index in [1.807, 2.05) is 0 Å². The van der Waals surface area contributed by atoms with Gasteiger partial charge in [0.1, 0.15) is 6.54 Å². The molecule has 0 aliphatic carbocycles. The van der Waals surface area contributed by atoms with Gasteiger partial charge in [0.25, 0.3) is 5.56 Å². The van der Waals surface area contributed by atoms with Crippen LogP contribution < -0.4 is 11.2 Å². The van der Waals surface area contributed by atoms with Crippen LogP contribution in [0, 0.1) is 5.82 Å². The zero-order chi connectivity index (χ0) is 11.4. The minimum Gasteiger partial charge on any atom is -0.434 e. The maximum atomic E-state index is 12.7. The Hall–Kier alpha value is -2.18. The quantitative estimate of drug-likeness (QED) is 0.536. The maximum Gasteiger partial charge on any atom is 0.330 e. The summed E-state index contributed by atoms with van der Waals surface area (Å²) in [5.41, 5.74) is -2.02. The van der Waals surface area contributed by atoms with E-state index >= 15 is 0 Å². The molecule has 0 amide bonds. The summed E-state index contributed by atoms with van der Waals surface area (Å²) in [6.45, 7) is 2.63. The Morgan fingerprint density at radius 2 is 2.33 bits per heavy atom. The molecule has 1 aromatic heterocycles. The fourth-order valence-electron chi connectivity index (χ4n) is 0.869. The molecule has 1 aromatic rings. The summed E-state index contributed by atoms with van der Waals surface area (Å²) >= 11 is 0. The molecule has 0 atom stereocenters. The molecule has 80 valence electrons. The lowest BCUT2D eigenvalue weighted by Crippen LogP contribution is -2.33. The van der Waals surface area contributed by atoms with Gasteiger partial charge in [-0.25, -0.2) is 9.59 Å². The van der Waals surface area contributed by atoms with Crippen molar-refractivity contribution in [3.8, 4) is 0 Å². The summed E-state index contributed by atoms with van der Waals surface area (Å²) in [7, 11) is 0. The average molecular weight is 214 g/mol. The van der Waals surface area contributed by atoms with Gasteiger partial charge in [0.2, 0.25) is 5.82 Å². The fraction of sp³-hybridized carbons (Fsp3) is 0.125. The molecule has 0 fully saturated rings. The maximum absolute atomic E-state index is 12.7. The average Bonchev–Trinajstić information content (AvgIpc) is 2.14. The van der Waals surface area contributed by atoms with Gasteiger partial charge in [0, 0.05) is 0 Å². The van der Waals surface area contributed by atoms with E-state index in [1.165, 1.54) is 0 Å². The van der Waals surface area contributed by atoms with Gasteiger partial charge in [0.15, 0.2) is 0 Å². The number of rotatable bonds is 3. The Labute approximate surface area is 82.6 Å². The van der Waals surface area contributed by atoms with Crippen LogP contribution in [0.4, 0.5) is 4.39 Å². The lowest BCUT2D eigenvalue weighted by atomic mass is 10.5. The molecular weight excluding hydrogens is 207 g/mol. The van der Waals surface area contributed by atoms with Crippen LogP contribution in [0.5, 0.6) is 0 Å². The highest BCUT2D eigenvalue weighted by Crippen LogP contribution is 1.87. The van der Waals surface area contributed by atoms with Gasteiger partial charge >= 0.3 is 11.7 Å². The third-order valence-electron chi connectivity index (χ3n) is 1.48. The number of nitrogens with zero attached hydrogens (tertiary/aromatic N) is 1. The van der Waals surface area contributed by atoms with Crippen molar-refractivity contribution >= 4 is 5.97 Å². The van der Waals surface area contributed by atoms with Crippen molar-refractivity contribution in [2.75, 3.05) is 0 Å². The molecule has 0 unspecified atom stereocenters. The Morgan fingerprint density at radius 1 is 1.67 bits per heavy atom. The van der Waals surface area contributed by atoms with Crippen molar-refractivity contribution in [3.05, 3.63) is 45.7 Å². The highest BCUT2D eigenvalue weighted by molar-refractivity contribution is 5.69. The first kappa shape index (κ1) is 10.9. The van der Waals surface area contributed by atoms with Gasteiger partial charge in [0.05, 0.1) is 12.5 Å². The van der Waals surface area contributed by atoms with Gasteiger partial charge in [-0.3, -0.25) is 14.3 Å². The second-order valence-electron chi connectivity index (χ2n) is 2.52. The molecule has 1 rings (SSSR count). The highest BCUT2D eigenvalue weighted by atomic mass is 19.1. The number of halogens is 1. The minimum absolute atomic E-state index is 0.501. The minimum atomic E-state index is -1.15. The summed E-state index contributed by atoms with van der Waals surface area (Å²) in [6.07, 6.45) is 1.51. The molecule has 1 heterocycles. The van der Waals surface area contributed by atoms with E-state index in [1.54, 1.807) is 4.98 Å². The van der Waals surface area contributed by atoms with Crippen molar-refractivity contribution < 1.29 is 13.9 Å². The molecule has 0 saturated carbocycles. The van der Waals surface area contributed by atoms with E-state index in [4.69, 9.17) is 0 Å². The number of ether oxygens (including phenoxy) is 1. The molecular formula is C8H7FN2O4. The standard InChI is InChI=1S/C8H7FN2O4/c1-2-15-6(12)4-11-3-5(9)7(13)10-8(11)14/h2-3H,1,4H2,(H,10,13,14). The predicted molar refractivity (Wildman–Crippen MR) is 47.6 cm³/mol. The number of esters is 1. The molecule has 15 heavy (non-hydrogen) atoms. The topological polar surface area (TPSA) is 81.2 Å². The second-order valence-corrected chi connectivity index (χ2v) is 2.52. The molecule has 7 heteroatoms. The van der Waals surface area contributed by atoms with Crippen LogP contribution in [0.1, 0.15) is 0 Å². The summed E-state index contributed by atoms with van der Waals surface area (Å²) in [4.78, 5) is 34.3. The monoisotopic (exact) mass is 214 g/mol. The molecule has 0 aliphatic heterocycles. The molecule has 0 radical (unpaired) electrons. The SMILES string of the molecule is C=COC(=O)Cn1cc(F)c(=O)[nH]c1=O. The van der Waals surface area contributed by atoms with Gasteiger partial charge in [-0.05, 0) is 0 Å². The lowest BCUT2D eigenvalue weighted by molar-refractivity contribution is -0.138. The zero-order valence-electron chi connectivity index (χ0n) is 7.53. The van der Waals surface area contributed by atoms with Gasteiger partial charge < -0.3 is 4.74 Å². The Morgan fingerprint density at radius 3 is 2.93 bits per heavy atom. The number of aromatic amines is 1. The first-order valence-electron chi connectivity index (χ1n) is 3.84. The smallest absolute Gasteiger partial charge is 0.330 e. The van der Waals surface area contributed by atoms with Crippen molar-refractivity contribution in [1.29, 1.82) is 0 Å². The fourth-order valence-corrected chi connectivity index (χ4v) is 0.869. The van der Waals surface area contributed by atoms with E-state index in [-0.39, 0.29) is 0 Å². The molecule has 0 saturated heterocycles. The van der Waals surface area contributed by atoms with Gasteiger partial charge in [-0.15, -0.1) is 0 Å². The number of nitrogens with one attached hydrogen (secondary N) is 1. The van der Waals surface area contributed by atoms with E-state index < -0.39 is 29.6 Å². The lowest BCUT2D eigenvalue weighted by Gasteiger charge is -2.02. The number of hydrogen-bond acceptors (Lipinski definition) is 4. The third kappa shape index (κ3) is 2.63. The molecule has 0 aromatic carbocycles. The van der Waals surface area contributed by atoms with Crippen molar-refractivity contribution in [3.63, 3.8) is 0 Å². The number of carbonyl (C=O) groups excluding carboxylic acids is 1. The van der Waals surface area contributed by atoms with Crippen LogP contribution in [-0.2, 0) is 16.1 Å². The van der Waals surface area contributed by atoms with E-state index in [2.05, 4.69) is 11.3 Å². The molecule has 0 aliphatic rings. The Balaban J connectivity index is 3.01. The Kier molecular flexibility index (Phi) is 3.17. The number of hydrogen-bond donors (Lipinski definition) is 1. The molecule has 1 N–H and O–H groups in total. The predicted octanol–water partition coefficient (Wildman–Crippen LogP) is -0.638. The zero-order valence-corrected chi connectivity index (χ0v) is 7.53. The Bertz CT molecular complexity index is 502. The van der Waals surface area contributed by atoms with E-state index in [0.717, 1.165) is 6.26 Å². The largest absolute Gasteiger partial charge is 0.434 e. The van der Waals surface area contributed by atoms with Gasteiger partial charge in [-0.1, -0.05) is 6.58 Å². The van der Waals surface area contributed by atoms with Crippen LogP contribution in [0.2, 0.25) is 0 Å². The summed E-state index contributed by atoms with van der Waals surface area (Å²) < 4.78 is 17.7. The summed E-state index contributed by atoms with van der Waals surface area (Å²) in [6, 6.07) is 0. The van der Waals surface area contributed by atoms with Crippen LogP contribution in [0.15, 0.2) is 28.6 Å². The number of H-pyrrole nitrogens is 1. The van der Waals surface area contributed by atoms with Crippen LogP contribution in [0.3, 0.4) is 0 Å². The van der Waals surface area contributed by atoms with Crippen LogP contribution in [0.25, 0.3) is 0 Å².